The monoisotopic (exact) mass is 349 g/mol. The van der Waals surface area contributed by atoms with E-state index in [4.69, 9.17) is 0 Å². The summed E-state index contributed by atoms with van der Waals surface area (Å²) < 4.78 is 0. The highest BCUT2D eigenvalue weighted by Gasteiger charge is 2.44. The van der Waals surface area contributed by atoms with Crippen molar-refractivity contribution in [3.05, 3.63) is 60.3 Å². The molecule has 5 heteroatoms. The highest BCUT2D eigenvalue weighted by molar-refractivity contribution is 5.80. The quantitative estimate of drug-likeness (QED) is 0.680. The maximum Gasteiger partial charge on any atom is 0.193 e. The van der Waals surface area contributed by atoms with Gasteiger partial charge in [-0.2, -0.15) is 0 Å². The Morgan fingerprint density at radius 3 is 2.38 bits per heavy atom. The third kappa shape index (κ3) is 3.52. The SMILES string of the molecule is CN=C(NCC1(c2ccccc2)CC1)N1CCN(c2ccccn2)CC1. The Morgan fingerprint density at radius 2 is 1.77 bits per heavy atom. The van der Waals surface area contributed by atoms with Crippen LogP contribution in [0.1, 0.15) is 18.4 Å². The molecule has 5 nitrogen and oxygen atoms in total. The predicted octanol–water partition coefficient (Wildman–Crippen LogP) is 2.51. The minimum absolute atomic E-state index is 0.299. The van der Waals surface area contributed by atoms with Gasteiger partial charge in [-0.25, -0.2) is 4.98 Å². The van der Waals surface area contributed by atoms with Gasteiger partial charge in [0, 0.05) is 51.4 Å². The second kappa shape index (κ2) is 7.36. The number of pyridine rings is 1. The van der Waals surface area contributed by atoms with Crippen molar-refractivity contribution in [1.82, 2.24) is 15.2 Å². The number of aromatic nitrogens is 1. The van der Waals surface area contributed by atoms with Crippen molar-refractivity contribution in [1.29, 1.82) is 0 Å². The fourth-order valence-electron chi connectivity index (χ4n) is 3.78. The van der Waals surface area contributed by atoms with E-state index in [-0.39, 0.29) is 0 Å². The number of hydrogen-bond acceptors (Lipinski definition) is 3. The summed E-state index contributed by atoms with van der Waals surface area (Å²) in [5.41, 5.74) is 1.75. The number of guanidine groups is 1. The largest absolute Gasteiger partial charge is 0.355 e. The Morgan fingerprint density at radius 1 is 1.04 bits per heavy atom. The molecule has 1 N–H and O–H groups in total. The Labute approximate surface area is 155 Å². The molecule has 26 heavy (non-hydrogen) atoms. The van der Waals surface area contributed by atoms with E-state index in [1.165, 1.54) is 18.4 Å². The van der Waals surface area contributed by atoms with Crippen LogP contribution in [0.4, 0.5) is 5.82 Å². The van der Waals surface area contributed by atoms with Crippen molar-refractivity contribution in [2.75, 3.05) is 44.7 Å². The molecule has 2 heterocycles. The summed E-state index contributed by atoms with van der Waals surface area (Å²) in [6, 6.07) is 17.0. The number of rotatable bonds is 4. The van der Waals surface area contributed by atoms with Gasteiger partial charge in [0.2, 0.25) is 0 Å². The molecule has 4 rings (SSSR count). The normalized spacial score (nSPS) is 19.3. The number of nitrogens with zero attached hydrogens (tertiary/aromatic N) is 4. The molecular formula is C21H27N5. The standard InChI is InChI=1S/C21H27N5/c1-22-20(24-17-21(10-11-21)18-7-3-2-4-8-18)26-15-13-25(14-16-26)19-9-5-6-12-23-19/h2-9,12H,10-11,13-17H2,1H3,(H,22,24). The van der Waals surface area contributed by atoms with E-state index in [0.29, 0.717) is 5.41 Å². The number of hydrogen-bond donors (Lipinski definition) is 1. The van der Waals surface area contributed by atoms with E-state index in [0.717, 1.165) is 44.5 Å². The van der Waals surface area contributed by atoms with Crippen LogP contribution < -0.4 is 10.2 Å². The van der Waals surface area contributed by atoms with Gasteiger partial charge in [-0.1, -0.05) is 36.4 Å². The zero-order valence-electron chi connectivity index (χ0n) is 15.4. The molecule has 0 spiro atoms. The highest BCUT2D eigenvalue weighted by Crippen LogP contribution is 2.47. The molecule has 2 aliphatic rings. The van der Waals surface area contributed by atoms with Gasteiger partial charge >= 0.3 is 0 Å². The molecule has 1 aromatic carbocycles. The first-order chi connectivity index (χ1) is 12.8. The molecule has 0 bridgehead atoms. The van der Waals surface area contributed by atoms with Gasteiger partial charge in [-0.3, -0.25) is 4.99 Å². The van der Waals surface area contributed by atoms with Crippen LogP contribution in [-0.2, 0) is 5.41 Å². The molecular weight excluding hydrogens is 322 g/mol. The van der Waals surface area contributed by atoms with Crippen LogP contribution in [0.5, 0.6) is 0 Å². The first-order valence-corrected chi connectivity index (χ1v) is 9.48. The maximum atomic E-state index is 4.53. The average molecular weight is 349 g/mol. The summed E-state index contributed by atoms with van der Waals surface area (Å²) in [5, 5.41) is 3.64. The molecule has 0 unspecified atom stereocenters. The summed E-state index contributed by atoms with van der Waals surface area (Å²) in [5.74, 6) is 2.09. The molecule has 1 aliphatic heterocycles. The van der Waals surface area contributed by atoms with E-state index < -0.39 is 0 Å². The predicted molar refractivity (Wildman–Crippen MR) is 107 cm³/mol. The molecule has 2 aromatic rings. The lowest BCUT2D eigenvalue weighted by molar-refractivity contribution is 0.369. The average Bonchev–Trinajstić information content (AvgIpc) is 3.51. The van der Waals surface area contributed by atoms with Gasteiger partial charge < -0.3 is 15.1 Å². The Balaban J connectivity index is 1.33. The lowest BCUT2D eigenvalue weighted by atomic mass is 9.96. The minimum Gasteiger partial charge on any atom is -0.355 e. The van der Waals surface area contributed by atoms with Crippen LogP contribution in [-0.4, -0.2) is 55.6 Å². The molecule has 2 fully saturated rings. The molecule has 0 radical (unpaired) electrons. The van der Waals surface area contributed by atoms with Crippen LogP contribution in [0.15, 0.2) is 59.7 Å². The topological polar surface area (TPSA) is 43.8 Å². The molecule has 1 aromatic heterocycles. The number of nitrogens with one attached hydrogen (secondary N) is 1. The minimum atomic E-state index is 0.299. The van der Waals surface area contributed by atoms with Crippen molar-refractivity contribution < 1.29 is 0 Å². The highest BCUT2D eigenvalue weighted by atomic mass is 15.4. The Bertz CT molecular complexity index is 732. The second-order valence-electron chi connectivity index (χ2n) is 7.21. The summed E-state index contributed by atoms with van der Waals surface area (Å²) in [6.45, 7) is 4.84. The van der Waals surface area contributed by atoms with E-state index >= 15 is 0 Å². The number of piperazine rings is 1. The van der Waals surface area contributed by atoms with E-state index in [1.807, 2.05) is 25.4 Å². The van der Waals surface area contributed by atoms with Crippen LogP contribution in [0.25, 0.3) is 0 Å². The Hall–Kier alpha value is -2.56. The summed E-state index contributed by atoms with van der Waals surface area (Å²) in [4.78, 5) is 13.7. The van der Waals surface area contributed by atoms with Gasteiger partial charge in [-0.15, -0.1) is 0 Å². The lowest BCUT2D eigenvalue weighted by Crippen LogP contribution is -2.53. The Kier molecular flexibility index (Phi) is 4.78. The van der Waals surface area contributed by atoms with Gasteiger partial charge in [-0.05, 0) is 30.5 Å². The molecule has 1 aliphatic carbocycles. The second-order valence-corrected chi connectivity index (χ2v) is 7.21. The van der Waals surface area contributed by atoms with E-state index in [2.05, 4.69) is 61.5 Å². The van der Waals surface area contributed by atoms with Gasteiger partial charge in [0.15, 0.2) is 5.96 Å². The lowest BCUT2D eigenvalue weighted by Gasteiger charge is -2.37. The van der Waals surface area contributed by atoms with Gasteiger partial charge in [0.05, 0.1) is 0 Å². The molecule has 1 saturated heterocycles. The first-order valence-electron chi connectivity index (χ1n) is 9.48. The van der Waals surface area contributed by atoms with Crippen molar-refractivity contribution >= 4 is 11.8 Å². The summed E-state index contributed by atoms with van der Waals surface area (Å²) in [7, 11) is 1.88. The third-order valence-corrected chi connectivity index (χ3v) is 5.59. The first kappa shape index (κ1) is 16.9. The van der Waals surface area contributed by atoms with Crippen LogP contribution in [0, 0.1) is 0 Å². The van der Waals surface area contributed by atoms with Crippen LogP contribution in [0.2, 0.25) is 0 Å². The van der Waals surface area contributed by atoms with Crippen molar-refractivity contribution in [3.63, 3.8) is 0 Å². The maximum absolute atomic E-state index is 4.53. The summed E-state index contributed by atoms with van der Waals surface area (Å²) in [6.07, 6.45) is 4.38. The smallest absolute Gasteiger partial charge is 0.193 e. The molecule has 1 saturated carbocycles. The molecule has 0 atom stereocenters. The van der Waals surface area contributed by atoms with E-state index in [9.17, 15) is 0 Å². The zero-order chi connectivity index (χ0) is 17.8. The summed E-state index contributed by atoms with van der Waals surface area (Å²) >= 11 is 0. The fraction of sp³-hybridized carbons (Fsp3) is 0.429. The van der Waals surface area contributed by atoms with Crippen molar-refractivity contribution in [2.24, 2.45) is 4.99 Å². The third-order valence-electron chi connectivity index (χ3n) is 5.59. The molecule has 136 valence electrons. The van der Waals surface area contributed by atoms with E-state index in [1.54, 1.807) is 0 Å². The van der Waals surface area contributed by atoms with Crippen LogP contribution >= 0.6 is 0 Å². The van der Waals surface area contributed by atoms with Crippen molar-refractivity contribution in [2.45, 2.75) is 18.3 Å². The van der Waals surface area contributed by atoms with Crippen LogP contribution in [0.3, 0.4) is 0 Å². The number of benzene rings is 1. The van der Waals surface area contributed by atoms with Crippen molar-refractivity contribution in [3.8, 4) is 0 Å². The number of anilines is 1. The molecule has 0 amide bonds. The fourth-order valence-corrected chi connectivity index (χ4v) is 3.78. The number of aliphatic imine (C=N–C) groups is 1. The van der Waals surface area contributed by atoms with Gasteiger partial charge in [0.1, 0.15) is 5.82 Å². The zero-order valence-corrected chi connectivity index (χ0v) is 15.4. The van der Waals surface area contributed by atoms with Gasteiger partial charge in [0.25, 0.3) is 0 Å².